The van der Waals surface area contributed by atoms with Gasteiger partial charge in [0, 0.05) is 40.5 Å². The molecule has 10 heteroatoms. The molecule has 8 nitrogen and oxygen atoms in total. The Labute approximate surface area is 247 Å². The van der Waals surface area contributed by atoms with E-state index in [1.54, 1.807) is 17.5 Å². The molecule has 1 aliphatic heterocycles. The number of aryl methyl sites for hydroxylation is 1. The van der Waals surface area contributed by atoms with Gasteiger partial charge in [-0.15, -0.1) is 11.3 Å². The van der Waals surface area contributed by atoms with Crippen LogP contribution in [0.15, 0.2) is 96.6 Å². The number of amides is 1. The molecule has 41 heavy (non-hydrogen) atoms. The summed E-state index contributed by atoms with van der Waals surface area (Å²) >= 11 is 7.51. The number of thiocarbonyl (C=S) groups is 1. The van der Waals surface area contributed by atoms with Gasteiger partial charge in [-0.25, -0.2) is 4.98 Å². The highest BCUT2D eigenvalue weighted by molar-refractivity contribution is 7.80. The van der Waals surface area contributed by atoms with Gasteiger partial charge in [-0.3, -0.25) is 14.3 Å². The van der Waals surface area contributed by atoms with Crippen molar-refractivity contribution in [3.05, 3.63) is 119 Å². The Morgan fingerprint density at radius 2 is 1.80 bits per heavy atom. The maximum Gasteiger partial charge on any atom is 0.262 e. The van der Waals surface area contributed by atoms with E-state index >= 15 is 0 Å². The zero-order valence-electron chi connectivity index (χ0n) is 22.5. The Kier molecular flexibility index (Phi) is 7.49. The lowest BCUT2D eigenvalue weighted by Crippen LogP contribution is -2.29. The largest absolute Gasteiger partial charge is 0.484 e. The first-order chi connectivity index (χ1) is 20.0. The molecule has 0 radical (unpaired) electrons. The fraction of sp³-hybridized carbons (Fsp3) is 0.161. The van der Waals surface area contributed by atoms with Gasteiger partial charge in [-0.05, 0) is 86.2 Å². The molecule has 0 saturated carbocycles. The van der Waals surface area contributed by atoms with E-state index in [0.717, 1.165) is 33.5 Å². The number of para-hydroxylation sites is 1. The van der Waals surface area contributed by atoms with E-state index in [-0.39, 0.29) is 24.6 Å². The summed E-state index contributed by atoms with van der Waals surface area (Å²) in [7, 11) is 0. The van der Waals surface area contributed by atoms with Gasteiger partial charge in [0.05, 0.1) is 17.8 Å². The Morgan fingerprint density at radius 3 is 2.51 bits per heavy atom. The van der Waals surface area contributed by atoms with Gasteiger partial charge < -0.3 is 20.3 Å². The molecule has 3 aromatic heterocycles. The Morgan fingerprint density at radius 1 is 1.02 bits per heavy atom. The molecule has 1 saturated heterocycles. The van der Waals surface area contributed by atoms with Crippen molar-refractivity contribution in [1.29, 1.82) is 0 Å². The monoisotopic (exact) mass is 580 g/mol. The highest BCUT2D eigenvalue weighted by atomic mass is 32.1. The van der Waals surface area contributed by atoms with Gasteiger partial charge in [-0.2, -0.15) is 0 Å². The van der Waals surface area contributed by atoms with Crippen LogP contribution in [0.5, 0.6) is 5.75 Å². The summed E-state index contributed by atoms with van der Waals surface area (Å²) in [6, 6.07) is 24.8. The molecule has 0 aliphatic carbocycles. The second kappa shape index (κ2) is 11.5. The van der Waals surface area contributed by atoms with Gasteiger partial charge in [0.2, 0.25) is 0 Å². The van der Waals surface area contributed by atoms with Crippen LogP contribution < -0.4 is 20.3 Å². The fourth-order valence-corrected chi connectivity index (χ4v) is 6.32. The van der Waals surface area contributed by atoms with Crippen molar-refractivity contribution in [2.24, 2.45) is 0 Å². The number of thiazole rings is 1. The molecule has 2 aromatic carbocycles. The van der Waals surface area contributed by atoms with Gasteiger partial charge in [0.15, 0.2) is 16.9 Å². The minimum absolute atomic E-state index is 0.0750. The maximum atomic E-state index is 12.5. The molecule has 4 heterocycles. The number of carbonyl (C=O) groups is 1. The van der Waals surface area contributed by atoms with E-state index in [1.807, 2.05) is 84.4 Å². The SMILES string of the molecule is Cc1cc([C@H]2[C@@H](c3ccccn3)NC(=S)N2c2ccc(NC(=O)COc3ccccc3)cc2)c(C)n1-c1nccs1. The lowest BCUT2D eigenvalue weighted by molar-refractivity contribution is -0.118. The van der Waals surface area contributed by atoms with Crippen molar-refractivity contribution in [1.82, 2.24) is 19.9 Å². The second-order valence-electron chi connectivity index (χ2n) is 9.67. The summed E-state index contributed by atoms with van der Waals surface area (Å²) in [5.41, 5.74) is 5.82. The van der Waals surface area contributed by atoms with Crippen LogP contribution >= 0.6 is 23.6 Å². The number of carbonyl (C=O) groups excluding carboxylic acids is 1. The van der Waals surface area contributed by atoms with Crippen LogP contribution in [0.25, 0.3) is 5.13 Å². The highest BCUT2D eigenvalue weighted by Gasteiger charge is 2.42. The first-order valence-corrected chi connectivity index (χ1v) is 14.5. The van der Waals surface area contributed by atoms with Crippen molar-refractivity contribution in [3.8, 4) is 10.9 Å². The third-order valence-corrected chi connectivity index (χ3v) is 8.11. The van der Waals surface area contributed by atoms with Crippen molar-refractivity contribution in [2.45, 2.75) is 25.9 Å². The van der Waals surface area contributed by atoms with Gasteiger partial charge in [-0.1, -0.05) is 24.3 Å². The van der Waals surface area contributed by atoms with Crippen LogP contribution in [0.2, 0.25) is 0 Å². The topological polar surface area (TPSA) is 84.3 Å². The van der Waals surface area contributed by atoms with Crippen LogP contribution in [-0.2, 0) is 4.79 Å². The molecule has 0 spiro atoms. The summed E-state index contributed by atoms with van der Waals surface area (Å²) < 4.78 is 7.75. The van der Waals surface area contributed by atoms with E-state index in [9.17, 15) is 4.79 Å². The van der Waals surface area contributed by atoms with E-state index < -0.39 is 0 Å². The van der Waals surface area contributed by atoms with Crippen molar-refractivity contribution in [2.75, 3.05) is 16.8 Å². The first kappa shape index (κ1) is 26.7. The predicted octanol–water partition coefficient (Wildman–Crippen LogP) is 6.14. The number of pyridine rings is 1. The molecular formula is C31H28N6O2S2. The normalized spacial score (nSPS) is 16.4. The number of nitrogens with one attached hydrogen (secondary N) is 2. The number of aromatic nitrogens is 3. The highest BCUT2D eigenvalue weighted by Crippen LogP contribution is 2.44. The minimum atomic E-state index is -0.234. The number of nitrogens with zero attached hydrogens (tertiary/aromatic N) is 4. The quantitative estimate of drug-likeness (QED) is 0.213. The second-order valence-corrected chi connectivity index (χ2v) is 10.9. The average Bonchev–Trinajstić information content (AvgIpc) is 3.71. The van der Waals surface area contributed by atoms with Gasteiger partial charge in [0.1, 0.15) is 5.75 Å². The third kappa shape index (κ3) is 5.44. The number of anilines is 2. The van der Waals surface area contributed by atoms with Crippen molar-refractivity contribution < 1.29 is 9.53 Å². The molecule has 5 aromatic rings. The minimum Gasteiger partial charge on any atom is -0.484 e. The summed E-state index contributed by atoms with van der Waals surface area (Å²) in [5.74, 6) is 0.415. The molecule has 1 aliphatic rings. The number of rotatable bonds is 8. The molecule has 1 amide bonds. The summed E-state index contributed by atoms with van der Waals surface area (Å²) in [6.07, 6.45) is 3.62. The van der Waals surface area contributed by atoms with E-state index in [1.165, 1.54) is 0 Å². The van der Waals surface area contributed by atoms with Gasteiger partial charge >= 0.3 is 0 Å². The Balaban J connectivity index is 1.29. The first-order valence-electron chi connectivity index (χ1n) is 13.2. The molecule has 2 atom stereocenters. The lowest BCUT2D eigenvalue weighted by atomic mass is 9.96. The molecule has 1 fully saturated rings. The van der Waals surface area contributed by atoms with Crippen molar-refractivity contribution >= 4 is 45.9 Å². The predicted molar refractivity (Wildman–Crippen MR) is 166 cm³/mol. The Hall–Kier alpha value is -4.54. The lowest BCUT2D eigenvalue weighted by Gasteiger charge is -2.28. The van der Waals surface area contributed by atoms with Crippen molar-refractivity contribution in [3.63, 3.8) is 0 Å². The van der Waals surface area contributed by atoms with E-state index in [2.05, 4.69) is 50.0 Å². The molecule has 206 valence electrons. The smallest absolute Gasteiger partial charge is 0.262 e. The number of hydrogen-bond donors (Lipinski definition) is 2. The van der Waals surface area contributed by atoms with Crippen LogP contribution in [-0.4, -0.2) is 32.2 Å². The molecular weight excluding hydrogens is 553 g/mol. The summed E-state index contributed by atoms with van der Waals surface area (Å²) in [5, 5.41) is 9.95. The van der Waals surface area contributed by atoms with Crippen LogP contribution in [0, 0.1) is 13.8 Å². The fourth-order valence-electron chi connectivity index (χ4n) is 5.22. The molecule has 0 unspecified atom stereocenters. The zero-order valence-corrected chi connectivity index (χ0v) is 24.2. The maximum absolute atomic E-state index is 12.5. The number of benzene rings is 2. The summed E-state index contributed by atoms with van der Waals surface area (Å²) in [4.78, 5) is 23.8. The zero-order chi connectivity index (χ0) is 28.3. The molecule has 6 rings (SSSR count). The Bertz CT molecular complexity index is 1650. The standard InChI is InChI=1S/C31H28N6O2S2/c1-20-18-25(21(2)36(20)31-33-16-17-41-31)29-28(26-10-6-7-15-32-26)35-30(40)37(29)23-13-11-22(12-14-23)34-27(38)19-39-24-8-4-3-5-9-24/h3-18,28-29H,19H2,1-2H3,(H,34,38)(H,35,40)/t28-,29+/m1/s1. The van der Waals surface area contributed by atoms with Crippen LogP contribution in [0.4, 0.5) is 11.4 Å². The number of hydrogen-bond acceptors (Lipinski definition) is 6. The van der Waals surface area contributed by atoms with Crippen LogP contribution in [0.1, 0.15) is 34.7 Å². The van der Waals surface area contributed by atoms with Crippen LogP contribution in [0.3, 0.4) is 0 Å². The van der Waals surface area contributed by atoms with Gasteiger partial charge in [0.25, 0.3) is 5.91 Å². The number of ether oxygens (including phenoxy) is 1. The molecule has 2 N–H and O–H groups in total. The molecule has 0 bridgehead atoms. The average molecular weight is 581 g/mol. The summed E-state index contributed by atoms with van der Waals surface area (Å²) in [6.45, 7) is 4.14. The third-order valence-electron chi connectivity index (χ3n) is 7.04. The van der Waals surface area contributed by atoms with E-state index in [4.69, 9.17) is 17.0 Å². The van der Waals surface area contributed by atoms with E-state index in [0.29, 0.717) is 16.5 Å².